The van der Waals surface area contributed by atoms with Gasteiger partial charge in [0.1, 0.15) is 11.3 Å². The number of hydrogen-bond acceptors (Lipinski definition) is 7. The zero-order valence-corrected chi connectivity index (χ0v) is 18.1. The Bertz CT molecular complexity index is 1160. The van der Waals surface area contributed by atoms with Crippen LogP contribution in [0.1, 0.15) is 26.8 Å². The van der Waals surface area contributed by atoms with Crippen LogP contribution in [0.5, 0.6) is 5.75 Å². The number of sulfonamides is 1. The Morgan fingerprint density at radius 2 is 1.84 bits per heavy atom. The first-order valence-electron chi connectivity index (χ1n) is 9.05. The average Bonchev–Trinajstić information content (AvgIpc) is 3.30. The van der Waals surface area contributed by atoms with Crippen molar-refractivity contribution < 1.29 is 27.5 Å². The van der Waals surface area contributed by atoms with Crippen molar-refractivity contribution in [3.63, 3.8) is 0 Å². The van der Waals surface area contributed by atoms with Gasteiger partial charge in [-0.3, -0.25) is 4.79 Å². The molecule has 3 rings (SSSR count). The number of carbonyl (C=O) groups excluding carboxylic acids is 2. The molecule has 0 aliphatic carbocycles. The number of nitrogens with two attached hydrogens (primary N) is 1. The molecule has 0 radical (unpaired) electrons. The van der Waals surface area contributed by atoms with Gasteiger partial charge in [0.05, 0.1) is 18.0 Å². The number of methoxy groups -OCH3 is 1. The maximum Gasteiger partial charge on any atom is 0.342 e. The molecule has 8 nitrogen and oxygen atoms in total. The van der Waals surface area contributed by atoms with Gasteiger partial charge in [-0.05, 0) is 35.2 Å². The van der Waals surface area contributed by atoms with E-state index in [0.29, 0.717) is 0 Å². The van der Waals surface area contributed by atoms with Crippen LogP contribution in [0.2, 0.25) is 0 Å². The fraction of sp³-hybridized carbons (Fsp3) is 0.143. The van der Waals surface area contributed by atoms with Gasteiger partial charge in [0.15, 0.2) is 6.61 Å². The molecular weight excluding hydrogens is 440 g/mol. The lowest BCUT2D eigenvalue weighted by atomic mass is 10.1. The topological polar surface area (TPSA) is 125 Å². The Morgan fingerprint density at radius 3 is 2.45 bits per heavy atom. The first-order valence-corrected chi connectivity index (χ1v) is 11.5. The van der Waals surface area contributed by atoms with E-state index >= 15 is 0 Å². The lowest BCUT2D eigenvalue weighted by Gasteiger charge is -2.18. The van der Waals surface area contributed by atoms with Gasteiger partial charge in [-0.25, -0.2) is 18.4 Å². The van der Waals surface area contributed by atoms with Crippen molar-refractivity contribution >= 4 is 33.2 Å². The summed E-state index contributed by atoms with van der Waals surface area (Å²) in [5.41, 5.74) is 0.729. The number of esters is 1. The first kappa shape index (κ1) is 22.5. The van der Waals surface area contributed by atoms with Gasteiger partial charge in [0, 0.05) is 4.88 Å². The summed E-state index contributed by atoms with van der Waals surface area (Å²) in [6, 6.07) is 16.3. The second-order valence-corrected chi connectivity index (χ2v) is 8.95. The number of primary sulfonamides is 1. The van der Waals surface area contributed by atoms with Gasteiger partial charge in [-0.15, -0.1) is 11.3 Å². The Hall–Kier alpha value is -3.21. The van der Waals surface area contributed by atoms with E-state index in [0.717, 1.165) is 16.5 Å². The molecule has 0 aliphatic heterocycles. The molecule has 0 aliphatic rings. The van der Waals surface area contributed by atoms with Crippen molar-refractivity contribution in [2.75, 3.05) is 13.7 Å². The van der Waals surface area contributed by atoms with E-state index < -0.39 is 34.5 Å². The highest BCUT2D eigenvalue weighted by molar-refractivity contribution is 7.89. The predicted molar refractivity (Wildman–Crippen MR) is 115 cm³/mol. The summed E-state index contributed by atoms with van der Waals surface area (Å²) >= 11 is 1.49. The number of amides is 1. The summed E-state index contributed by atoms with van der Waals surface area (Å²) in [4.78, 5) is 25.6. The predicted octanol–water partition coefficient (Wildman–Crippen LogP) is 2.47. The summed E-state index contributed by atoms with van der Waals surface area (Å²) in [6.45, 7) is -0.559. The van der Waals surface area contributed by atoms with Crippen LogP contribution < -0.4 is 15.2 Å². The minimum Gasteiger partial charge on any atom is -0.496 e. The van der Waals surface area contributed by atoms with E-state index in [2.05, 4.69) is 5.32 Å². The third kappa shape index (κ3) is 5.69. The van der Waals surface area contributed by atoms with Gasteiger partial charge in [0.2, 0.25) is 10.0 Å². The van der Waals surface area contributed by atoms with Crippen LogP contribution >= 0.6 is 11.3 Å². The maximum atomic E-state index is 12.5. The third-order valence-corrected chi connectivity index (χ3v) is 6.17. The molecule has 0 saturated heterocycles. The minimum absolute atomic E-state index is 0.0959. The molecule has 1 unspecified atom stereocenters. The van der Waals surface area contributed by atoms with Crippen molar-refractivity contribution in [1.29, 1.82) is 0 Å². The highest BCUT2D eigenvalue weighted by atomic mass is 32.2. The van der Waals surface area contributed by atoms with E-state index in [1.165, 1.54) is 30.6 Å². The normalized spacial score (nSPS) is 12.1. The Kier molecular flexibility index (Phi) is 7.06. The molecule has 10 heteroatoms. The average molecular weight is 461 g/mol. The zero-order valence-electron chi connectivity index (χ0n) is 16.5. The van der Waals surface area contributed by atoms with Crippen LogP contribution in [0.3, 0.4) is 0 Å². The Labute approximate surface area is 183 Å². The monoisotopic (exact) mass is 460 g/mol. The second-order valence-electron chi connectivity index (χ2n) is 6.41. The van der Waals surface area contributed by atoms with Gasteiger partial charge in [-0.2, -0.15) is 0 Å². The van der Waals surface area contributed by atoms with Gasteiger partial charge in [0.25, 0.3) is 5.91 Å². The molecule has 0 bridgehead atoms. The number of thiophene rings is 1. The standard InChI is InChI=1S/C21H20N2O6S2/c1-28-17-10-9-15(31(22,26)27)12-16(17)21(25)29-13-19(24)23-20(18-8-5-11-30-18)14-6-3-2-4-7-14/h2-12,20H,13H2,1H3,(H,23,24)(H2,22,26,27). The number of carbonyl (C=O) groups is 2. The molecular formula is C21H20N2O6S2. The molecule has 2 aromatic carbocycles. The fourth-order valence-electron chi connectivity index (χ4n) is 2.85. The fourth-order valence-corrected chi connectivity index (χ4v) is 4.20. The lowest BCUT2D eigenvalue weighted by molar-refractivity contribution is -0.124. The van der Waals surface area contributed by atoms with Crippen LogP contribution in [-0.2, 0) is 19.6 Å². The molecule has 3 aromatic rings. The second kappa shape index (κ2) is 9.73. The summed E-state index contributed by atoms with van der Waals surface area (Å²) in [5.74, 6) is -1.33. The lowest BCUT2D eigenvalue weighted by Crippen LogP contribution is -2.32. The third-order valence-electron chi connectivity index (χ3n) is 4.32. The van der Waals surface area contributed by atoms with Crippen LogP contribution in [0.25, 0.3) is 0 Å². The number of nitrogens with one attached hydrogen (secondary N) is 1. The quantitative estimate of drug-likeness (QED) is 0.498. The van der Waals surface area contributed by atoms with Gasteiger partial charge in [-0.1, -0.05) is 36.4 Å². The first-order chi connectivity index (χ1) is 14.8. The van der Waals surface area contributed by atoms with Crippen LogP contribution in [0, 0.1) is 0 Å². The number of rotatable bonds is 8. The van der Waals surface area contributed by atoms with E-state index in [9.17, 15) is 18.0 Å². The molecule has 1 aromatic heterocycles. The van der Waals surface area contributed by atoms with Crippen molar-refractivity contribution in [2.45, 2.75) is 10.9 Å². The van der Waals surface area contributed by atoms with Crippen molar-refractivity contribution in [2.24, 2.45) is 5.14 Å². The summed E-state index contributed by atoms with van der Waals surface area (Å²) in [6.07, 6.45) is 0. The van der Waals surface area contributed by atoms with Gasteiger partial charge >= 0.3 is 5.97 Å². The molecule has 1 heterocycles. The van der Waals surface area contributed by atoms with Crippen LogP contribution in [0.15, 0.2) is 70.9 Å². The van der Waals surface area contributed by atoms with Crippen LogP contribution in [0.4, 0.5) is 0 Å². The summed E-state index contributed by atoms with van der Waals surface area (Å²) in [7, 11) is -2.71. The molecule has 0 spiro atoms. The summed E-state index contributed by atoms with van der Waals surface area (Å²) < 4.78 is 33.3. The van der Waals surface area contributed by atoms with E-state index in [1.54, 1.807) is 0 Å². The maximum absolute atomic E-state index is 12.5. The molecule has 1 amide bonds. The number of benzene rings is 2. The molecule has 31 heavy (non-hydrogen) atoms. The Balaban J connectivity index is 1.72. The highest BCUT2D eigenvalue weighted by Crippen LogP contribution is 2.26. The van der Waals surface area contributed by atoms with E-state index in [4.69, 9.17) is 14.6 Å². The molecule has 1 atom stereocenters. The highest BCUT2D eigenvalue weighted by Gasteiger charge is 2.21. The minimum atomic E-state index is -4.03. The zero-order chi connectivity index (χ0) is 22.4. The molecule has 3 N–H and O–H groups in total. The van der Waals surface area contributed by atoms with Crippen molar-refractivity contribution in [1.82, 2.24) is 5.32 Å². The number of ether oxygens (including phenoxy) is 2. The van der Waals surface area contributed by atoms with Crippen molar-refractivity contribution in [3.8, 4) is 5.75 Å². The van der Waals surface area contributed by atoms with E-state index in [1.807, 2.05) is 47.8 Å². The molecule has 162 valence electrons. The van der Waals surface area contributed by atoms with E-state index in [-0.39, 0.29) is 16.2 Å². The Morgan fingerprint density at radius 1 is 1.10 bits per heavy atom. The van der Waals surface area contributed by atoms with Gasteiger partial charge < -0.3 is 14.8 Å². The summed E-state index contributed by atoms with van der Waals surface area (Å²) in [5, 5.41) is 9.87. The SMILES string of the molecule is COc1ccc(S(N)(=O)=O)cc1C(=O)OCC(=O)NC(c1ccccc1)c1cccs1. The largest absolute Gasteiger partial charge is 0.496 e. The van der Waals surface area contributed by atoms with Crippen LogP contribution in [-0.4, -0.2) is 34.0 Å². The number of hydrogen-bond donors (Lipinski definition) is 2. The molecule has 0 saturated carbocycles. The van der Waals surface area contributed by atoms with Crippen molar-refractivity contribution in [3.05, 3.63) is 82.0 Å². The smallest absolute Gasteiger partial charge is 0.342 e. The molecule has 0 fully saturated rings.